The van der Waals surface area contributed by atoms with Gasteiger partial charge in [0, 0.05) is 17.8 Å². The van der Waals surface area contributed by atoms with Crippen molar-refractivity contribution in [2.45, 2.75) is 33.2 Å². The Hall–Kier alpha value is -3.48. The molecule has 0 heterocycles. The maximum atomic E-state index is 13.8. The van der Waals surface area contributed by atoms with Crippen LogP contribution in [0.15, 0.2) is 0 Å². The molecule has 0 aromatic rings. The Kier molecular flexibility index (Phi) is 17.8. The predicted octanol–water partition coefficient (Wildman–Crippen LogP) is 3.45. The van der Waals surface area contributed by atoms with Crippen LogP contribution in [-0.2, 0) is 27.2 Å². The molecule has 0 saturated heterocycles. The van der Waals surface area contributed by atoms with Crippen LogP contribution >= 0.6 is 15.2 Å². The van der Waals surface area contributed by atoms with Crippen LogP contribution in [0.4, 0.5) is 0 Å². The van der Waals surface area contributed by atoms with E-state index >= 15 is 0 Å². The van der Waals surface area contributed by atoms with E-state index in [2.05, 4.69) is 94.9 Å². The molecule has 192 valence electrons. The van der Waals surface area contributed by atoms with Crippen LogP contribution in [-0.4, -0.2) is 50.5 Å². The van der Waals surface area contributed by atoms with Gasteiger partial charge in [0.05, 0.1) is 46.4 Å². The molecule has 0 aliphatic carbocycles. The van der Waals surface area contributed by atoms with Gasteiger partial charge in [-0.25, -0.2) is 4.48 Å². The normalized spacial score (nSPS) is 9.50. The minimum Gasteiger partial charge on any atom is -0.304 e. The Bertz CT molecular complexity index is 1430. The molecule has 0 bridgehead atoms. The molecule has 0 unspecified atom stereocenters. The van der Waals surface area contributed by atoms with Crippen LogP contribution in [0.5, 0.6) is 0 Å². The van der Waals surface area contributed by atoms with E-state index in [0.29, 0.717) is 0 Å². The standard InChI is InChI=1S/C29H27NO6P2/c1-8-13-14-15-16-17-18-19-20-21-22-23-24-25-26-27-28-30(6,7)29(37(31,33-9-2)34-10-3)38(32,35-11-4)36-12-5/h29H,9-12H2,2-7H3/q+2. The topological polar surface area (TPSA) is 71.1 Å². The van der Waals surface area contributed by atoms with E-state index in [9.17, 15) is 9.13 Å². The molecule has 7 nitrogen and oxygen atoms in total. The fourth-order valence-electron chi connectivity index (χ4n) is 2.61. The van der Waals surface area contributed by atoms with E-state index in [1.165, 1.54) is 0 Å². The number of hydrogen-bond acceptors (Lipinski definition) is 6. The third-order valence-electron chi connectivity index (χ3n) is 3.66. The van der Waals surface area contributed by atoms with Gasteiger partial charge in [-0.05, 0) is 27.7 Å². The molecule has 0 radical (unpaired) electrons. The van der Waals surface area contributed by atoms with Gasteiger partial charge in [0.2, 0.25) is 0 Å². The molecule has 0 saturated carbocycles. The zero-order chi connectivity index (χ0) is 28.8. The van der Waals surface area contributed by atoms with Crippen molar-refractivity contribution in [2.24, 2.45) is 0 Å². The van der Waals surface area contributed by atoms with Crippen LogP contribution in [0, 0.1) is 107 Å². The molecule has 0 aromatic heterocycles. The van der Waals surface area contributed by atoms with Crippen molar-refractivity contribution in [3.8, 4) is 101 Å². The van der Waals surface area contributed by atoms with Crippen LogP contribution in [0.1, 0.15) is 27.7 Å². The van der Waals surface area contributed by atoms with E-state index in [1.807, 2.05) is 5.92 Å². The summed E-state index contributed by atoms with van der Waals surface area (Å²) in [5, 5.41) is 0. The smallest absolute Gasteiger partial charge is 0.304 e. The first kappa shape index (κ1) is 34.5. The minimum absolute atomic E-state index is 0.0569. The fraction of sp³-hybridized carbons (Fsp3) is 0.379. The molecule has 0 atom stereocenters. The average molecular weight is 547 g/mol. The van der Waals surface area contributed by atoms with E-state index in [1.54, 1.807) is 41.8 Å². The SMILES string of the molecule is [C+]#CC#CC#CC#CC#CC#CC#CC#CC#C[N+](C)(C)C(P(=O)(OCC)OCC)P(=O)(OCC)OCC. The molecule has 38 heavy (non-hydrogen) atoms. The zero-order valence-corrected chi connectivity index (χ0v) is 24.0. The van der Waals surface area contributed by atoms with Gasteiger partial charge in [-0.2, -0.15) is 0 Å². The molecule has 0 aliphatic heterocycles. The van der Waals surface area contributed by atoms with Crippen LogP contribution in [0.25, 0.3) is 0 Å². The minimum atomic E-state index is -4.01. The zero-order valence-electron chi connectivity index (χ0n) is 22.2. The summed E-state index contributed by atoms with van der Waals surface area (Å²) in [5.41, 5.74) is -1.37. The number of quaternary nitrogens is 1. The van der Waals surface area contributed by atoms with Gasteiger partial charge in [-0.15, -0.1) is 0 Å². The second-order valence-corrected chi connectivity index (χ2v) is 11.3. The molecule has 9 heteroatoms. The Morgan fingerprint density at radius 2 is 0.816 bits per heavy atom. The molecule has 0 rings (SSSR count). The van der Waals surface area contributed by atoms with Crippen molar-refractivity contribution in [3.63, 3.8) is 0 Å². The summed E-state index contributed by atoms with van der Waals surface area (Å²) < 4.78 is 49.1. The monoisotopic (exact) mass is 547 g/mol. The van der Waals surface area contributed by atoms with Gasteiger partial charge >= 0.3 is 98.2 Å². The second-order valence-electron chi connectivity index (χ2n) is 6.75. The fourth-order valence-corrected chi connectivity index (χ4v) is 8.45. The van der Waals surface area contributed by atoms with Gasteiger partial charge in [0.25, 0.3) is 0 Å². The summed E-state index contributed by atoms with van der Waals surface area (Å²) in [6, 6.07) is 2.83. The van der Waals surface area contributed by atoms with E-state index in [0.717, 1.165) is 0 Å². The Labute approximate surface area is 227 Å². The quantitative estimate of drug-likeness (QED) is 0.171. The van der Waals surface area contributed by atoms with Crippen molar-refractivity contribution in [3.05, 3.63) is 6.42 Å². The predicted molar refractivity (Wildman–Crippen MR) is 147 cm³/mol. The van der Waals surface area contributed by atoms with Crippen molar-refractivity contribution in [1.82, 2.24) is 0 Å². The third-order valence-corrected chi connectivity index (χ3v) is 10.1. The molecule has 0 aliphatic rings. The van der Waals surface area contributed by atoms with Gasteiger partial charge in [-0.1, -0.05) is 0 Å². The summed E-state index contributed by atoms with van der Waals surface area (Å²) >= 11 is 0. The number of rotatable bonds is 11. The first-order valence-corrected chi connectivity index (χ1v) is 14.4. The number of nitrogens with zero attached hydrogens (tertiary/aromatic N) is 1. The summed E-state index contributed by atoms with van der Waals surface area (Å²) in [6.45, 7) is 6.84. The second kappa shape index (κ2) is 19.6. The van der Waals surface area contributed by atoms with Crippen molar-refractivity contribution in [1.29, 1.82) is 0 Å². The molecule has 0 spiro atoms. The summed E-state index contributed by atoms with van der Waals surface area (Å²) in [4.78, 5) is 0. The summed E-state index contributed by atoms with van der Waals surface area (Å²) in [5.74, 6) is 38.8. The molecule has 0 aromatic carbocycles. The first-order chi connectivity index (χ1) is 18.2. The van der Waals surface area contributed by atoms with E-state index in [4.69, 9.17) is 24.5 Å². The maximum absolute atomic E-state index is 13.8. The van der Waals surface area contributed by atoms with Crippen LogP contribution in [0.2, 0.25) is 0 Å². The van der Waals surface area contributed by atoms with Gasteiger partial charge in [0.1, 0.15) is 0 Å². The molecule has 0 fully saturated rings. The van der Waals surface area contributed by atoms with Gasteiger partial charge in [-0.3, -0.25) is 9.13 Å². The molecular formula is C29H27NO6P2+2. The molecule has 0 N–H and O–H groups in total. The van der Waals surface area contributed by atoms with E-state index < -0.39 is 25.2 Å². The summed E-state index contributed by atoms with van der Waals surface area (Å²) in [7, 11) is -4.84. The molecule has 0 amide bonds. The van der Waals surface area contributed by atoms with Crippen molar-refractivity contribution < 1.29 is 31.7 Å². The van der Waals surface area contributed by atoms with Gasteiger partial charge in [0.15, 0.2) is 6.04 Å². The first-order valence-electron chi connectivity index (χ1n) is 11.2. The van der Waals surface area contributed by atoms with Crippen LogP contribution < -0.4 is 0 Å². The Balaban J connectivity index is 5.89. The Morgan fingerprint density at radius 3 is 1.08 bits per heavy atom. The van der Waals surface area contributed by atoms with Crippen molar-refractivity contribution in [2.75, 3.05) is 40.5 Å². The summed E-state index contributed by atoms with van der Waals surface area (Å²) in [6.07, 6.45) is 6.58. The van der Waals surface area contributed by atoms with Crippen molar-refractivity contribution >= 4 is 15.2 Å². The number of hydrogen-bond donors (Lipinski definition) is 0. The third kappa shape index (κ3) is 13.2. The molecular weight excluding hydrogens is 520 g/mol. The van der Waals surface area contributed by atoms with E-state index in [-0.39, 0.29) is 26.4 Å². The average Bonchev–Trinajstić information content (AvgIpc) is 2.84. The van der Waals surface area contributed by atoms with Gasteiger partial charge < -0.3 is 18.1 Å². The van der Waals surface area contributed by atoms with Crippen LogP contribution in [0.3, 0.4) is 0 Å². The Morgan fingerprint density at radius 1 is 0.553 bits per heavy atom.